The molecule has 1 N–H and O–H groups in total. The quantitative estimate of drug-likeness (QED) is 0.714. The van der Waals surface area contributed by atoms with Crippen LogP contribution < -0.4 is 10.2 Å². The molecule has 5 nitrogen and oxygen atoms in total. The first-order valence-electron chi connectivity index (χ1n) is 10.7. The molecule has 2 amide bonds. The summed E-state index contributed by atoms with van der Waals surface area (Å²) in [7, 11) is 0. The molecule has 2 aliphatic rings. The normalized spacial score (nSPS) is 19.6. The van der Waals surface area contributed by atoms with Crippen molar-refractivity contribution in [3.8, 4) is 0 Å². The van der Waals surface area contributed by atoms with E-state index in [9.17, 15) is 14.0 Å². The van der Waals surface area contributed by atoms with Crippen LogP contribution in [-0.4, -0.2) is 36.8 Å². The van der Waals surface area contributed by atoms with E-state index in [1.165, 1.54) is 11.0 Å². The molecule has 7 heteroatoms. The van der Waals surface area contributed by atoms with Gasteiger partial charge in [-0.15, -0.1) is 0 Å². The topological polar surface area (TPSA) is 58.6 Å². The number of benzene rings is 2. The molecule has 2 fully saturated rings. The number of amides is 2. The number of ether oxygens (including phenoxy) is 1. The van der Waals surface area contributed by atoms with Crippen LogP contribution in [0.5, 0.6) is 0 Å². The van der Waals surface area contributed by atoms with Crippen molar-refractivity contribution < 1.29 is 18.7 Å². The number of aryl methyl sites for hydroxylation is 1. The number of nitrogens with zero attached hydrogens (tertiary/aromatic N) is 1. The zero-order chi connectivity index (χ0) is 21.8. The van der Waals surface area contributed by atoms with Crippen molar-refractivity contribution in [2.75, 3.05) is 30.0 Å². The molecule has 2 heterocycles. The van der Waals surface area contributed by atoms with Crippen LogP contribution in [0.4, 0.5) is 15.8 Å². The molecule has 1 atom stereocenters. The number of carbonyl (C=O) groups excluding carboxylic acids is 2. The van der Waals surface area contributed by atoms with Gasteiger partial charge in [-0.2, -0.15) is 11.8 Å². The molecule has 0 radical (unpaired) electrons. The lowest BCUT2D eigenvalue weighted by atomic mass is 10.1. The molecule has 1 unspecified atom stereocenters. The number of hydrogen-bond acceptors (Lipinski definition) is 4. The van der Waals surface area contributed by atoms with E-state index in [1.54, 1.807) is 19.1 Å². The molecule has 0 bridgehead atoms. The van der Waals surface area contributed by atoms with Gasteiger partial charge in [0.2, 0.25) is 11.8 Å². The fourth-order valence-corrected chi connectivity index (χ4v) is 5.12. The van der Waals surface area contributed by atoms with Gasteiger partial charge in [-0.1, -0.05) is 18.2 Å². The Hall–Kier alpha value is -2.38. The minimum absolute atomic E-state index is 0.0818. The smallest absolute Gasteiger partial charge is 0.229 e. The van der Waals surface area contributed by atoms with Crippen molar-refractivity contribution in [2.45, 2.75) is 37.2 Å². The van der Waals surface area contributed by atoms with Gasteiger partial charge >= 0.3 is 0 Å². The molecule has 2 saturated heterocycles. The third-order valence-electron chi connectivity index (χ3n) is 5.74. The van der Waals surface area contributed by atoms with Crippen molar-refractivity contribution in [3.05, 3.63) is 59.4 Å². The molecule has 31 heavy (non-hydrogen) atoms. The van der Waals surface area contributed by atoms with E-state index in [2.05, 4.69) is 11.4 Å². The third kappa shape index (κ3) is 5.46. The van der Waals surface area contributed by atoms with E-state index in [4.69, 9.17) is 4.74 Å². The van der Waals surface area contributed by atoms with Crippen molar-refractivity contribution >= 4 is 35.0 Å². The van der Waals surface area contributed by atoms with Gasteiger partial charge in [0, 0.05) is 42.9 Å². The van der Waals surface area contributed by atoms with Gasteiger partial charge in [-0.25, -0.2) is 4.39 Å². The first-order chi connectivity index (χ1) is 15.0. The summed E-state index contributed by atoms with van der Waals surface area (Å²) >= 11 is 1.92. The molecule has 0 aromatic heterocycles. The van der Waals surface area contributed by atoms with Gasteiger partial charge in [0.15, 0.2) is 0 Å². The summed E-state index contributed by atoms with van der Waals surface area (Å²) < 4.78 is 19.7. The van der Waals surface area contributed by atoms with Gasteiger partial charge in [0.05, 0.1) is 11.6 Å². The second kappa shape index (κ2) is 9.83. The molecule has 164 valence electrons. The van der Waals surface area contributed by atoms with Gasteiger partial charge in [-0.3, -0.25) is 9.59 Å². The molecule has 0 aliphatic carbocycles. The Kier molecular flexibility index (Phi) is 6.92. The Bertz CT molecular complexity index is 962. The van der Waals surface area contributed by atoms with Crippen molar-refractivity contribution in [1.82, 2.24) is 0 Å². The lowest BCUT2D eigenvalue weighted by Crippen LogP contribution is -2.28. The number of anilines is 2. The summed E-state index contributed by atoms with van der Waals surface area (Å²) in [5.41, 5.74) is 2.90. The monoisotopic (exact) mass is 442 g/mol. The lowest BCUT2D eigenvalue weighted by Gasteiger charge is -2.21. The maximum absolute atomic E-state index is 14.3. The van der Waals surface area contributed by atoms with E-state index in [0.717, 1.165) is 48.6 Å². The molecule has 0 spiro atoms. The van der Waals surface area contributed by atoms with Gasteiger partial charge in [0.1, 0.15) is 5.82 Å². The number of rotatable bonds is 6. The van der Waals surface area contributed by atoms with Gasteiger partial charge in [0.25, 0.3) is 0 Å². The fraction of sp³-hybridized carbons (Fsp3) is 0.417. The zero-order valence-electron chi connectivity index (χ0n) is 17.6. The van der Waals surface area contributed by atoms with Crippen LogP contribution in [0.3, 0.4) is 0 Å². The average Bonchev–Trinajstić information content (AvgIpc) is 3.15. The highest BCUT2D eigenvalue weighted by Crippen LogP contribution is 2.29. The molecular weight excluding hydrogens is 415 g/mol. The molecule has 0 saturated carbocycles. The predicted octanol–water partition coefficient (Wildman–Crippen LogP) is 4.54. The summed E-state index contributed by atoms with van der Waals surface area (Å²) in [5, 5.41) is 3.55. The highest BCUT2D eigenvalue weighted by molar-refractivity contribution is 7.99. The highest BCUT2D eigenvalue weighted by atomic mass is 32.2. The highest BCUT2D eigenvalue weighted by Gasteiger charge is 2.36. The Balaban J connectivity index is 1.35. The molecular formula is C24H27FN2O3S. The minimum Gasteiger partial charge on any atom is -0.381 e. The second-order valence-electron chi connectivity index (χ2n) is 8.17. The number of nitrogens with one attached hydrogen (secondary N) is 1. The molecule has 2 aromatic rings. The standard InChI is InChI=1S/C24H27FN2O3S/c1-16-5-6-22(21(25)11-16)27-14-18(13-23(27)28)24(29)26-19-4-2-3-17(12-19)15-31-20-7-9-30-10-8-20/h2-6,11-12,18,20H,7-10,13-15H2,1H3,(H,26,29). The average molecular weight is 443 g/mol. The van der Waals surface area contributed by atoms with E-state index in [0.29, 0.717) is 5.25 Å². The van der Waals surface area contributed by atoms with Crippen LogP contribution in [0.25, 0.3) is 0 Å². The summed E-state index contributed by atoms with van der Waals surface area (Å²) in [6, 6.07) is 12.6. The molecule has 4 rings (SSSR count). The zero-order valence-corrected chi connectivity index (χ0v) is 18.4. The van der Waals surface area contributed by atoms with Crippen LogP contribution in [0.15, 0.2) is 42.5 Å². The number of carbonyl (C=O) groups is 2. The maximum Gasteiger partial charge on any atom is 0.229 e. The third-order valence-corrected chi connectivity index (χ3v) is 7.18. The van der Waals surface area contributed by atoms with E-state index >= 15 is 0 Å². The Morgan fingerprint density at radius 1 is 1.23 bits per heavy atom. The van der Waals surface area contributed by atoms with Crippen LogP contribution >= 0.6 is 11.8 Å². The first kappa shape index (κ1) is 21.8. The SMILES string of the molecule is Cc1ccc(N2CC(C(=O)Nc3cccc(CSC4CCOCC4)c3)CC2=O)c(F)c1. The van der Waals surface area contributed by atoms with Crippen molar-refractivity contribution in [1.29, 1.82) is 0 Å². The van der Waals surface area contributed by atoms with Gasteiger partial charge in [-0.05, 0) is 55.2 Å². The van der Waals surface area contributed by atoms with Crippen molar-refractivity contribution in [2.24, 2.45) is 5.92 Å². The summed E-state index contributed by atoms with van der Waals surface area (Å²) in [4.78, 5) is 26.6. The number of hydrogen-bond donors (Lipinski definition) is 1. The maximum atomic E-state index is 14.3. The molecule has 2 aromatic carbocycles. The largest absolute Gasteiger partial charge is 0.381 e. The summed E-state index contributed by atoms with van der Waals surface area (Å²) in [5.74, 6) is -0.503. The minimum atomic E-state index is -0.506. The van der Waals surface area contributed by atoms with E-state index in [1.807, 2.05) is 30.0 Å². The summed E-state index contributed by atoms with van der Waals surface area (Å²) in [6.45, 7) is 3.64. The van der Waals surface area contributed by atoms with Crippen LogP contribution in [0.1, 0.15) is 30.4 Å². The molecule has 2 aliphatic heterocycles. The predicted molar refractivity (Wildman–Crippen MR) is 122 cm³/mol. The second-order valence-corrected chi connectivity index (χ2v) is 9.46. The van der Waals surface area contributed by atoms with E-state index in [-0.39, 0.29) is 30.5 Å². The fourth-order valence-electron chi connectivity index (χ4n) is 3.99. The van der Waals surface area contributed by atoms with Crippen LogP contribution in [0, 0.1) is 18.7 Å². The van der Waals surface area contributed by atoms with E-state index < -0.39 is 11.7 Å². The van der Waals surface area contributed by atoms with Gasteiger partial charge < -0.3 is 15.0 Å². The number of thioether (sulfide) groups is 1. The van der Waals surface area contributed by atoms with Crippen LogP contribution in [0.2, 0.25) is 0 Å². The number of halogens is 1. The van der Waals surface area contributed by atoms with Crippen molar-refractivity contribution in [3.63, 3.8) is 0 Å². The Morgan fingerprint density at radius 2 is 2.03 bits per heavy atom. The Labute approximate surface area is 186 Å². The summed E-state index contributed by atoms with van der Waals surface area (Å²) in [6.07, 6.45) is 2.24. The lowest BCUT2D eigenvalue weighted by molar-refractivity contribution is -0.122. The first-order valence-corrected chi connectivity index (χ1v) is 11.7. The van der Waals surface area contributed by atoms with Crippen LogP contribution in [-0.2, 0) is 20.1 Å². The Morgan fingerprint density at radius 3 is 2.81 bits per heavy atom.